The summed E-state index contributed by atoms with van der Waals surface area (Å²) >= 11 is 1.72. The van der Waals surface area contributed by atoms with Gasteiger partial charge in [0.15, 0.2) is 11.6 Å². The molecule has 4 aliphatic rings. The van der Waals surface area contributed by atoms with E-state index in [0.29, 0.717) is 0 Å². The fraction of sp³-hybridized carbons (Fsp3) is 0.286. The van der Waals surface area contributed by atoms with Gasteiger partial charge in [0.2, 0.25) is 0 Å². The highest BCUT2D eigenvalue weighted by molar-refractivity contribution is 14.1. The van der Waals surface area contributed by atoms with Crippen LogP contribution in [0.15, 0.2) is 89.9 Å². The number of aromatic carboxylic acids is 1. The van der Waals surface area contributed by atoms with E-state index < -0.39 is 57.5 Å². The summed E-state index contributed by atoms with van der Waals surface area (Å²) in [6.07, 6.45) is 7.94. The lowest BCUT2D eigenvalue weighted by molar-refractivity contribution is -0.255. The molecule has 0 aliphatic heterocycles. The van der Waals surface area contributed by atoms with Gasteiger partial charge in [-0.2, -0.15) is 0 Å². The summed E-state index contributed by atoms with van der Waals surface area (Å²) in [5.74, 6) is -6.39. The molecule has 0 aromatic heterocycles. The molecule has 2 bridgehead atoms. The zero-order valence-corrected chi connectivity index (χ0v) is 28.5. The van der Waals surface area contributed by atoms with Crippen molar-refractivity contribution < 1.29 is 55.8 Å². The number of esters is 2. The first-order chi connectivity index (χ1) is 23.5. The van der Waals surface area contributed by atoms with E-state index in [4.69, 9.17) is 18.9 Å². The Hall–Kier alpha value is -4.28. The molecule has 0 amide bonds. The van der Waals surface area contributed by atoms with Crippen LogP contribution in [0.3, 0.4) is 0 Å². The number of ether oxygens (including phenoxy) is 4. The third-order valence-corrected chi connectivity index (χ3v) is 11.1. The quantitative estimate of drug-likeness (QED) is 0.113. The monoisotopic (exact) mass is 802 g/mol. The molecular weight excluding hydrogens is 774 g/mol. The van der Waals surface area contributed by atoms with Gasteiger partial charge in [0.05, 0.1) is 22.7 Å². The minimum absolute atomic E-state index is 0.0732. The van der Waals surface area contributed by atoms with Crippen LogP contribution in [0.5, 0.6) is 11.5 Å². The van der Waals surface area contributed by atoms with Gasteiger partial charge < -0.3 is 33.4 Å². The number of fused-ring (bicyclic) bond motifs is 1. The standard InChI is InChI=1S/C35H30FIO11S/c36-25-17-19(33(38)39)9-11-27(25)46-14-16-48-35(41)32-30-23-7-3-1-5-21(23)29(22-6-2-4-8-24(22)30)31(32)34(40)47-15-13-45-20-10-12-28(26(37)18-20)49(42,43)44/h1-12,17-18,21,23,29-32H,13-16H2,(H,38,39)(H,42,43,44)/p-2. The maximum atomic E-state index is 14.3. The van der Waals surface area contributed by atoms with Crippen molar-refractivity contribution in [3.05, 3.63) is 111 Å². The Labute approximate surface area is 294 Å². The summed E-state index contributed by atoms with van der Waals surface area (Å²) in [5, 5.41) is 11.0. The van der Waals surface area contributed by atoms with Crippen LogP contribution in [-0.4, -0.2) is 57.3 Å². The van der Waals surface area contributed by atoms with E-state index in [-0.39, 0.29) is 63.8 Å². The van der Waals surface area contributed by atoms with Crippen LogP contribution in [0.4, 0.5) is 4.39 Å². The lowest BCUT2D eigenvalue weighted by Crippen LogP contribution is -2.54. The van der Waals surface area contributed by atoms with E-state index in [2.05, 4.69) is 0 Å². The Morgan fingerprint density at radius 3 is 1.86 bits per heavy atom. The first kappa shape index (κ1) is 34.6. The van der Waals surface area contributed by atoms with Gasteiger partial charge in [-0.25, -0.2) is 12.8 Å². The lowest BCUT2D eigenvalue weighted by Gasteiger charge is -2.54. The normalized spacial score (nSPS) is 23.2. The van der Waals surface area contributed by atoms with Gasteiger partial charge in [-0.15, -0.1) is 0 Å². The maximum absolute atomic E-state index is 14.3. The van der Waals surface area contributed by atoms with Gasteiger partial charge in [0.25, 0.3) is 0 Å². The number of hydrogen-bond acceptors (Lipinski definition) is 11. The molecule has 0 radical (unpaired) electrons. The molecule has 0 heterocycles. The number of carbonyl (C=O) groups excluding carboxylic acids is 3. The van der Waals surface area contributed by atoms with E-state index in [1.807, 2.05) is 48.6 Å². The molecule has 7 rings (SSSR count). The topological polar surface area (TPSA) is 168 Å². The lowest BCUT2D eigenvalue weighted by atomic mass is 9.48. The van der Waals surface area contributed by atoms with Crippen molar-refractivity contribution in [2.45, 2.75) is 16.7 Å². The van der Waals surface area contributed by atoms with Crippen molar-refractivity contribution in [1.29, 1.82) is 0 Å². The van der Waals surface area contributed by atoms with E-state index in [9.17, 15) is 36.9 Å². The number of hydrogen-bond donors (Lipinski definition) is 0. The Kier molecular flexibility index (Phi) is 10.1. The van der Waals surface area contributed by atoms with Gasteiger partial charge in [-0.3, -0.25) is 9.59 Å². The van der Waals surface area contributed by atoms with Crippen molar-refractivity contribution in [2.24, 2.45) is 23.7 Å². The van der Waals surface area contributed by atoms with Crippen LogP contribution in [0.25, 0.3) is 0 Å². The third kappa shape index (κ3) is 7.07. The number of carboxylic acid groups (broad SMARTS) is 1. The summed E-state index contributed by atoms with van der Waals surface area (Å²) in [6.45, 7) is -0.744. The number of carbonyl (C=O) groups is 3. The van der Waals surface area contributed by atoms with Gasteiger partial charge in [0, 0.05) is 21.0 Å². The van der Waals surface area contributed by atoms with Gasteiger partial charge in [-0.1, -0.05) is 48.6 Å². The second-order valence-corrected chi connectivity index (χ2v) is 14.2. The number of rotatable bonds is 12. The third-order valence-electron chi connectivity index (χ3n) is 8.99. The highest BCUT2D eigenvalue weighted by atomic mass is 127. The summed E-state index contributed by atoms with van der Waals surface area (Å²) in [4.78, 5) is 38.4. The molecule has 4 aliphatic carbocycles. The molecule has 1 saturated carbocycles. The Balaban J connectivity index is 1.17. The predicted molar refractivity (Wildman–Crippen MR) is 175 cm³/mol. The summed E-state index contributed by atoms with van der Waals surface area (Å²) < 4.78 is 71.0. The largest absolute Gasteiger partial charge is 0.744 e. The molecule has 49 heavy (non-hydrogen) atoms. The van der Waals surface area contributed by atoms with Gasteiger partial charge >= 0.3 is 11.9 Å². The Bertz CT molecular complexity index is 1960. The molecule has 11 nitrogen and oxygen atoms in total. The number of allylic oxidation sites excluding steroid dienone is 4. The van der Waals surface area contributed by atoms with E-state index in [1.165, 1.54) is 12.1 Å². The molecule has 1 fully saturated rings. The fourth-order valence-corrected chi connectivity index (χ4v) is 8.93. The van der Waals surface area contributed by atoms with Crippen molar-refractivity contribution in [1.82, 2.24) is 0 Å². The van der Waals surface area contributed by atoms with E-state index >= 15 is 0 Å². The first-order valence-corrected chi connectivity index (χ1v) is 17.7. The minimum atomic E-state index is -4.64. The van der Waals surface area contributed by atoms with Crippen LogP contribution >= 0.6 is 22.6 Å². The van der Waals surface area contributed by atoms with Crippen LogP contribution < -0.4 is 14.6 Å². The van der Waals surface area contributed by atoms with Crippen LogP contribution in [0.1, 0.15) is 33.3 Å². The molecule has 14 heteroatoms. The molecule has 0 saturated heterocycles. The highest BCUT2D eigenvalue weighted by Crippen LogP contribution is 2.62. The average molecular weight is 803 g/mol. The molecule has 0 spiro atoms. The van der Waals surface area contributed by atoms with E-state index in [0.717, 1.165) is 35.4 Å². The predicted octanol–water partition coefficient (Wildman–Crippen LogP) is 3.73. The molecule has 3 aromatic carbocycles. The number of halogens is 2. The Morgan fingerprint density at radius 2 is 1.35 bits per heavy atom. The van der Waals surface area contributed by atoms with Crippen molar-refractivity contribution in [3.63, 3.8) is 0 Å². The maximum Gasteiger partial charge on any atom is 0.310 e. The smallest absolute Gasteiger partial charge is 0.310 e. The molecule has 6 unspecified atom stereocenters. The summed E-state index contributed by atoms with van der Waals surface area (Å²) in [6, 6.07) is 14.6. The Morgan fingerprint density at radius 1 is 0.776 bits per heavy atom. The van der Waals surface area contributed by atoms with E-state index in [1.54, 1.807) is 22.6 Å². The van der Waals surface area contributed by atoms with Crippen LogP contribution in [0.2, 0.25) is 0 Å². The summed E-state index contributed by atoms with van der Waals surface area (Å²) in [7, 11) is -4.64. The SMILES string of the molecule is O=C([O-])c1ccc(OCCOC(=O)C2C(C(=O)OCCOc3ccc(S(=O)(=O)[O-])c(I)c3)C3c4ccccc4C2C2C=CC=CC23)c(F)c1. The molecular formula is C35H28FIO11S-2. The van der Waals surface area contributed by atoms with Crippen molar-refractivity contribution in [2.75, 3.05) is 26.4 Å². The molecule has 6 atom stereocenters. The average Bonchev–Trinajstić information content (AvgIpc) is 3.08. The number of carboxylic acids is 1. The molecule has 256 valence electrons. The zero-order chi connectivity index (χ0) is 34.9. The van der Waals surface area contributed by atoms with Crippen LogP contribution in [0, 0.1) is 33.1 Å². The number of benzene rings is 3. The molecule has 3 aromatic rings. The second kappa shape index (κ2) is 14.3. The van der Waals surface area contributed by atoms with Crippen molar-refractivity contribution in [3.8, 4) is 11.5 Å². The van der Waals surface area contributed by atoms with Gasteiger partial charge in [0.1, 0.15) is 42.3 Å². The molecule has 0 N–H and O–H groups in total. The summed E-state index contributed by atoms with van der Waals surface area (Å²) in [5.41, 5.74) is 1.56. The van der Waals surface area contributed by atoms with Crippen molar-refractivity contribution >= 4 is 50.6 Å². The highest BCUT2D eigenvalue weighted by Gasteiger charge is 2.60. The van der Waals surface area contributed by atoms with Gasteiger partial charge in [-0.05, 0) is 82.0 Å². The van der Waals surface area contributed by atoms with Crippen LogP contribution in [-0.2, 0) is 29.2 Å². The fourth-order valence-electron chi connectivity index (χ4n) is 7.10. The minimum Gasteiger partial charge on any atom is -0.744 e. The zero-order valence-electron chi connectivity index (χ0n) is 25.5. The second-order valence-electron chi connectivity index (χ2n) is 11.7. The first-order valence-electron chi connectivity index (χ1n) is 15.2.